The summed E-state index contributed by atoms with van der Waals surface area (Å²) in [7, 11) is -8.48. The molecule has 1 N–H and O–H groups in total. The van der Waals surface area contributed by atoms with Crippen LogP contribution in [0.5, 0.6) is 0 Å². The van der Waals surface area contributed by atoms with Crippen molar-refractivity contribution in [1.82, 2.24) is 0 Å². The summed E-state index contributed by atoms with van der Waals surface area (Å²) in [5.74, 6) is -140. The van der Waals surface area contributed by atoms with Gasteiger partial charge in [-0.1, -0.05) is 0 Å². The first-order valence-electron chi connectivity index (χ1n) is 11.5. The Morgan fingerprint density at radius 3 is 0.544 bits per heavy atom. The predicted molar refractivity (Wildman–Crippen MR) is 97.8 cm³/mol. The molecular weight excluding hydrogens is 965 g/mol. The third kappa shape index (κ3) is 6.50. The van der Waals surface area contributed by atoms with Crippen LogP contribution in [0, 0.1) is 0 Å². The van der Waals surface area contributed by atoms with Crippen LogP contribution in [0.3, 0.4) is 0 Å². The molecule has 0 atom stereocenters. The maximum Gasteiger partial charge on any atom is 0.527 e. The van der Waals surface area contributed by atoms with Crippen molar-refractivity contribution in [2.45, 2.75) is 101 Å². The molecule has 0 saturated carbocycles. The van der Waals surface area contributed by atoms with Crippen LogP contribution >= 0.6 is 0 Å². The maximum absolute atomic E-state index is 13.9. The zero-order chi connectivity index (χ0) is 47.7. The van der Waals surface area contributed by atoms with Gasteiger partial charge in [0.15, 0.2) is 0 Å². The quantitative estimate of drug-likeness (QED) is 0.117. The SMILES string of the molecule is O=S(=O)(O)C(F)(F)C(F)(F)C(F)(F)C(F)(F)C(F)(F)C(F)(F)C(F)(F)C(F)(F)C(F)(F)C(F)(F)C(F)(F)C(F)(F)C(F)(F)C(F)(F)C(F)(F)C(F)(F)OC(F)(F)F. The van der Waals surface area contributed by atoms with Crippen LogP contribution in [0.1, 0.15) is 0 Å². The number of hydrogen-bond donors (Lipinski definition) is 1. The summed E-state index contributed by atoms with van der Waals surface area (Å²) in [5.41, 5.74) is 0. The highest BCUT2D eigenvalue weighted by molar-refractivity contribution is 7.87. The van der Waals surface area contributed by atoms with Crippen LogP contribution in [-0.2, 0) is 14.9 Å². The monoisotopic (exact) mass is 966 g/mol. The fraction of sp³-hybridized carbons (Fsp3) is 1.00. The minimum absolute atomic E-state index is 0.799. The lowest BCUT2D eigenvalue weighted by Crippen LogP contribution is -2.80. The molecule has 0 aromatic carbocycles. The molecule has 344 valence electrons. The minimum Gasteiger partial charge on any atom is -0.281 e. The van der Waals surface area contributed by atoms with Gasteiger partial charge in [-0.05, 0) is 0 Å². The standard InChI is InChI=1S/C17HF35O4S/c18-1(19,3(22,23)5(26,27)7(30,31)9(34,35)11(38,39)13(42,43)15(46,47)56-17(50,51)52)2(20,21)4(24,25)6(28,29)8(32,33)10(36,37)12(40,41)14(44,45)16(48,49)57(53,54)55/h(H,53,54,55). The topological polar surface area (TPSA) is 63.6 Å². The molecule has 0 aromatic heterocycles. The van der Waals surface area contributed by atoms with Gasteiger partial charge in [-0.3, -0.25) is 4.55 Å². The zero-order valence-corrected chi connectivity index (χ0v) is 24.6. The third-order valence-electron chi connectivity index (χ3n) is 6.43. The van der Waals surface area contributed by atoms with E-state index in [4.69, 9.17) is 4.55 Å². The summed E-state index contributed by atoms with van der Waals surface area (Å²) >= 11 is 0. The highest BCUT2D eigenvalue weighted by atomic mass is 32.2. The molecule has 0 saturated heterocycles. The molecule has 0 fully saturated rings. The minimum atomic E-state index is -10.4. The Morgan fingerprint density at radius 2 is 0.404 bits per heavy atom. The van der Waals surface area contributed by atoms with Crippen molar-refractivity contribution in [2.75, 3.05) is 0 Å². The van der Waals surface area contributed by atoms with Crippen LogP contribution in [-0.4, -0.2) is 114 Å². The second kappa shape index (κ2) is 13.0. The Hall–Kier alpha value is -2.58. The van der Waals surface area contributed by atoms with E-state index >= 15 is 0 Å². The lowest BCUT2D eigenvalue weighted by molar-refractivity contribution is -0.513. The van der Waals surface area contributed by atoms with E-state index in [0.29, 0.717) is 0 Å². The van der Waals surface area contributed by atoms with Gasteiger partial charge in [0.1, 0.15) is 0 Å². The van der Waals surface area contributed by atoms with Gasteiger partial charge in [0.05, 0.1) is 0 Å². The van der Waals surface area contributed by atoms with Gasteiger partial charge in [0, 0.05) is 0 Å². The number of hydrogen-bond acceptors (Lipinski definition) is 3. The van der Waals surface area contributed by atoms with E-state index in [-0.39, 0.29) is 0 Å². The summed E-state index contributed by atoms with van der Waals surface area (Å²) < 4.78 is 499. The highest BCUT2D eigenvalue weighted by Crippen LogP contribution is 2.70. The average molecular weight is 966 g/mol. The van der Waals surface area contributed by atoms with Crippen molar-refractivity contribution in [2.24, 2.45) is 0 Å². The molecule has 40 heteroatoms. The fourth-order valence-electron chi connectivity index (χ4n) is 3.10. The molecule has 0 aliphatic heterocycles. The summed E-state index contributed by atoms with van der Waals surface area (Å²) in [6.07, 6.45) is -16.1. The molecule has 0 aromatic rings. The first kappa shape index (κ1) is 54.4. The second-order valence-corrected chi connectivity index (χ2v) is 11.6. The van der Waals surface area contributed by atoms with E-state index in [1.54, 1.807) is 0 Å². The first-order chi connectivity index (χ1) is 23.7. The van der Waals surface area contributed by atoms with Crippen molar-refractivity contribution in [1.29, 1.82) is 0 Å². The summed E-state index contributed by atoms with van der Waals surface area (Å²) in [6.45, 7) is 0. The van der Waals surface area contributed by atoms with Crippen molar-refractivity contribution >= 4 is 10.1 Å². The highest BCUT2D eigenvalue weighted by Gasteiger charge is 3.02. The smallest absolute Gasteiger partial charge is 0.281 e. The maximum atomic E-state index is 13.9. The van der Waals surface area contributed by atoms with Crippen molar-refractivity contribution in [3.63, 3.8) is 0 Å². The van der Waals surface area contributed by atoms with E-state index in [0.717, 1.165) is 4.74 Å². The Labute approximate surface area is 283 Å². The molecule has 0 aliphatic rings. The van der Waals surface area contributed by atoms with Crippen LogP contribution in [0.25, 0.3) is 0 Å². The fourth-order valence-corrected chi connectivity index (χ4v) is 3.56. The molecule has 0 amide bonds. The molecule has 0 radical (unpaired) electrons. The van der Waals surface area contributed by atoms with E-state index in [1.165, 1.54) is 0 Å². The Balaban J connectivity index is 7.83. The van der Waals surface area contributed by atoms with Crippen LogP contribution in [0.2, 0.25) is 0 Å². The molecule has 0 heterocycles. The largest absolute Gasteiger partial charge is 0.527 e. The predicted octanol–water partition coefficient (Wildman–Crippen LogP) is 10.5. The van der Waals surface area contributed by atoms with Gasteiger partial charge in [0.2, 0.25) is 0 Å². The number of alkyl halides is 35. The Morgan fingerprint density at radius 1 is 0.263 bits per heavy atom. The van der Waals surface area contributed by atoms with Crippen LogP contribution in [0.15, 0.2) is 0 Å². The average Bonchev–Trinajstić information content (AvgIpc) is 2.93. The Kier molecular flexibility index (Phi) is 12.4. The lowest BCUT2D eigenvalue weighted by Gasteiger charge is -2.46. The van der Waals surface area contributed by atoms with Gasteiger partial charge in [0.25, 0.3) is 0 Å². The van der Waals surface area contributed by atoms with Crippen LogP contribution < -0.4 is 0 Å². The third-order valence-corrected chi connectivity index (χ3v) is 7.33. The van der Waals surface area contributed by atoms with E-state index in [9.17, 15) is 162 Å². The first-order valence-corrected chi connectivity index (χ1v) is 12.9. The van der Waals surface area contributed by atoms with Crippen molar-refractivity contribution in [3.8, 4) is 0 Å². The molecule has 4 nitrogen and oxygen atoms in total. The second-order valence-electron chi connectivity index (χ2n) is 10.1. The Bertz CT molecular complexity index is 1600. The van der Waals surface area contributed by atoms with Crippen molar-refractivity contribution < 1.29 is 171 Å². The molecular formula is C17HF35O4S. The summed E-state index contributed by atoms with van der Waals surface area (Å²) in [6, 6.07) is 0. The van der Waals surface area contributed by atoms with Crippen molar-refractivity contribution in [3.05, 3.63) is 0 Å². The molecule has 0 aliphatic carbocycles. The number of ether oxygens (including phenoxy) is 1. The van der Waals surface area contributed by atoms with E-state index in [1.807, 2.05) is 0 Å². The van der Waals surface area contributed by atoms with E-state index in [2.05, 4.69) is 0 Å². The lowest BCUT2D eigenvalue weighted by atomic mass is 9.83. The van der Waals surface area contributed by atoms with E-state index < -0.39 is 111 Å². The van der Waals surface area contributed by atoms with Gasteiger partial charge in [-0.15, -0.1) is 13.2 Å². The van der Waals surface area contributed by atoms with Gasteiger partial charge >= 0.3 is 111 Å². The molecule has 57 heavy (non-hydrogen) atoms. The molecule has 0 rings (SSSR count). The number of rotatable bonds is 17. The zero-order valence-electron chi connectivity index (χ0n) is 23.8. The van der Waals surface area contributed by atoms with Gasteiger partial charge in [-0.2, -0.15) is 149 Å². The molecule has 0 bridgehead atoms. The summed E-state index contributed by atoms with van der Waals surface area (Å²) in [5, 5.41) is -8.47. The molecule has 0 unspecified atom stereocenters. The normalized spacial score (nSPS) is 17.3. The van der Waals surface area contributed by atoms with Crippen LogP contribution in [0.4, 0.5) is 154 Å². The summed E-state index contributed by atoms with van der Waals surface area (Å²) in [4.78, 5) is 0. The molecule has 0 spiro atoms. The van der Waals surface area contributed by atoms with Gasteiger partial charge in [-0.25, -0.2) is 4.74 Å². The van der Waals surface area contributed by atoms with Gasteiger partial charge < -0.3 is 0 Å². The number of halogens is 35.